The summed E-state index contributed by atoms with van der Waals surface area (Å²) in [5.74, 6) is 0.206. The standard InChI is InChI=1S/C21H24N4O4S2/c1-13-5-6-17-23-18(22-7-9-28-2)15(19(26)24(17)11-13)10-16-20(27)25(21(30)31-16)12-14-4-3-8-29-14/h5-6,10-11,14,22H,3-4,7-9,12H2,1-2H3/b16-10+/t14-/m0/s1. The van der Waals surface area contributed by atoms with Gasteiger partial charge >= 0.3 is 0 Å². The molecular formula is C21H24N4O4S2. The van der Waals surface area contributed by atoms with Crippen molar-refractivity contribution in [3.8, 4) is 0 Å². The van der Waals surface area contributed by atoms with E-state index in [1.807, 2.05) is 13.0 Å². The number of nitrogens with zero attached hydrogens (tertiary/aromatic N) is 3. The summed E-state index contributed by atoms with van der Waals surface area (Å²) in [6, 6.07) is 3.69. The number of rotatable bonds is 7. The van der Waals surface area contributed by atoms with Crippen LogP contribution in [0, 0.1) is 6.92 Å². The summed E-state index contributed by atoms with van der Waals surface area (Å²) in [5, 5.41) is 3.15. The van der Waals surface area contributed by atoms with Gasteiger partial charge in [0.15, 0.2) is 0 Å². The van der Waals surface area contributed by atoms with Crippen molar-refractivity contribution >= 4 is 51.7 Å². The maximum Gasteiger partial charge on any atom is 0.267 e. The van der Waals surface area contributed by atoms with Crippen LogP contribution < -0.4 is 10.9 Å². The molecule has 4 rings (SSSR count). The zero-order chi connectivity index (χ0) is 22.0. The first-order valence-corrected chi connectivity index (χ1v) is 11.3. The average Bonchev–Trinajstić information content (AvgIpc) is 3.35. The monoisotopic (exact) mass is 460 g/mol. The van der Waals surface area contributed by atoms with Crippen molar-refractivity contribution in [2.45, 2.75) is 25.9 Å². The van der Waals surface area contributed by atoms with Crippen LogP contribution in [0.25, 0.3) is 11.7 Å². The van der Waals surface area contributed by atoms with E-state index in [0.717, 1.165) is 18.4 Å². The lowest BCUT2D eigenvalue weighted by atomic mass is 10.2. The van der Waals surface area contributed by atoms with Crippen LogP contribution in [-0.2, 0) is 14.3 Å². The molecule has 2 fully saturated rings. The Bertz CT molecular complexity index is 1110. The number of anilines is 1. The third-order valence-electron chi connectivity index (χ3n) is 5.16. The van der Waals surface area contributed by atoms with Crippen molar-refractivity contribution in [3.05, 3.63) is 44.7 Å². The minimum absolute atomic E-state index is 0.00376. The number of amides is 1. The Kier molecular flexibility index (Phi) is 6.71. The van der Waals surface area contributed by atoms with Gasteiger partial charge in [0.25, 0.3) is 11.5 Å². The highest BCUT2D eigenvalue weighted by molar-refractivity contribution is 8.26. The zero-order valence-electron chi connectivity index (χ0n) is 17.4. The van der Waals surface area contributed by atoms with E-state index in [0.29, 0.717) is 52.6 Å². The topological polar surface area (TPSA) is 85.2 Å². The maximum atomic E-state index is 13.3. The molecule has 0 radical (unpaired) electrons. The molecule has 2 aliphatic rings. The molecule has 2 saturated heterocycles. The highest BCUT2D eigenvalue weighted by Crippen LogP contribution is 2.34. The van der Waals surface area contributed by atoms with Crippen LogP contribution in [0.15, 0.2) is 28.0 Å². The summed E-state index contributed by atoms with van der Waals surface area (Å²) in [4.78, 5) is 32.9. The van der Waals surface area contributed by atoms with Crippen LogP contribution in [0.2, 0.25) is 0 Å². The van der Waals surface area contributed by atoms with Crippen molar-refractivity contribution in [3.63, 3.8) is 0 Å². The second-order valence-electron chi connectivity index (χ2n) is 7.46. The lowest BCUT2D eigenvalue weighted by Gasteiger charge is -2.18. The maximum absolute atomic E-state index is 13.3. The number of hydrogen-bond donors (Lipinski definition) is 1. The van der Waals surface area contributed by atoms with E-state index in [1.54, 1.807) is 30.3 Å². The minimum atomic E-state index is -0.252. The molecule has 164 valence electrons. The first-order chi connectivity index (χ1) is 15.0. The van der Waals surface area contributed by atoms with Crippen LogP contribution in [-0.4, -0.2) is 64.0 Å². The number of hydrogen-bond acceptors (Lipinski definition) is 8. The smallest absolute Gasteiger partial charge is 0.267 e. The molecule has 0 unspecified atom stereocenters. The quantitative estimate of drug-likeness (QED) is 0.383. The molecule has 1 N–H and O–H groups in total. The molecule has 1 amide bonds. The van der Waals surface area contributed by atoms with E-state index in [2.05, 4.69) is 10.3 Å². The SMILES string of the molecule is COCCNc1nc2ccc(C)cn2c(=O)c1/C=C1/SC(=S)N(C[C@@H]2CCCO2)C1=O. The fourth-order valence-corrected chi connectivity index (χ4v) is 4.83. The lowest BCUT2D eigenvalue weighted by molar-refractivity contribution is -0.123. The lowest BCUT2D eigenvalue weighted by Crippen LogP contribution is -2.35. The summed E-state index contributed by atoms with van der Waals surface area (Å²) < 4.78 is 12.7. The molecule has 0 aromatic carbocycles. The summed E-state index contributed by atoms with van der Waals surface area (Å²) in [6.45, 7) is 4.00. The second-order valence-corrected chi connectivity index (χ2v) is 9.14. The summed E-state index contributed by atoms with van der Waals surface area (Å²) >= 11 is 6.63. The highest BCUT2D eigenvalue weighted by atomic mass is 32.2. The van der Waals surface area contributed by atoms with Crippen molar-refractivity contribution < 1.29 is 14.3 Å². The van der Waals surface area contributed by atoms with E-state index in [9.17, 15) is 9.59 Å². The molecule has 2 aliphatic heterocycles. The van der Waals surface area contributed by atoms with Gasteiger partial charge in [-0.15, -0.1) is 0 Å². The highest BCUT2D eigenvalue weighted by Gasteiger charge is 2.35. The largest absolute Gasteiger partial charge is 0.383 e. The Labute approximate surface area is 189 Å². The van der Waals surface area contributed by atoms with Gasteiger partial charge in [0.2, 0.25) is 0 Å². The number of fused-ring (bicyclic) bond motifs is 1. The number of carbonyl (C=O) groups excluding carboxylic acids is 1. The van der Waals surface area contributed by atoms with Gasteiger partial charge in [-0.05, 0) is 37.5 Å². The third-order valence-corrected chi connectivity index (χ3v) is 6.54. The van der Waals surface area contributed by atoms with Gasteiger partial charge in [0.1, 0.15) is 15.8 Å². The molecule has 0 spiro atoms. The molecule has 2 aromatic heterocycles. The fourth-order valence-electron chi connectivity index (χ4n) is 3.58. The average molecular weight is 461 g/mol. The Morgan fingerprint density at radius 3 is 3.00 bits per heavy atom. The Morgan fingerprint density at radius 1 is 1.42 bits per heavy atom. The van der Waals surface area contributed by atoms with Crippen LogP contribution >= 0.6 is 24.0 Å². The van der Waals surface area contributed by atoms with Crippen molar-refractivity contribution in [1.29, 1.82) is 0 Å². The number of carbonyl (C=O) groups is 1. The fraction of sp³-hybridized carbons (Fsp3) is 0.429. The molecule has 0 saturated carbocycles. The number of pyridine rings is 1. The van der Waals surface area contributed by atoms with Gasteiger partial charge in [-0.25, -0.2) is 4.98 Å². The molecule has 10 heteroatoms. The van der Waals surface area contributed by atoms with Gasteiger partial charge in [-0.2, -0.15) is 0 Å². The Morgan fingerprint density at radius 2 is 2.26 bits per heavy atom. The third kappa shape index (κ3) is 4.67. The van der Waals surface area contributed by atoms with E-state index in [-0.39, 0.29) is 17.6 Å². The number of aryl methyl sites for hydroxylation is 1. The molecule has 1 atom stereocenters. The zero-order valence-corrected chi connectivity index (χ0v) is 19.1. The number of nitrogens with one attached hydrogen (secondary N) is 1. The van der Waals surface area contributed by atoms with Gasteiger partial charge in [0.05, 0.1) is 29.7 Å². The van der Waals surface area contributed by atoms with E-state index >= 15 is 0 Å². The Balaban J connectivity index is 1.71. The summed E-state index contributed by atoms with van der Waals surface area (Å²) in [5.41, 5.74) is 1.53. The summed E-state index contributed by atoms with van der Waals surface area (Å²) in [6.07, 6.45) is 5.24. The van der Waals surface area contributed by atoms with Crippen LogP contribution in [0.5, 0.6) is 0 Å². The molecule has 4 heterocycles. The Hall–Kier alpha value is -2.27. The van der Waals surface area contributed by atoms with E-state index in [1.165, 1.54) is 16.2 Å². The van der Waals surface area contributed by atoms with Crippen molar-refractivity contribution in [1.82, 2.24) is 14.3 Å². The van der Waals surface area contributed by atoms with Crippen LogP contribution in [0.1, 0.15) is 24.0 Å². The minimum Gasteiger partial charge on any atom is -0.383 e. The molecule has 2 aromatic rings. The van der Waals surface area contributed by atoms with Crippen molar-refractivity contribution in [2.24, 2.45) is 0 Å². The number of ether oxygens (including phenoxy) is 2. The van der Waals surface area contributed by atoms with E-state index < -0.39 is 0 Å². The number of aromatic nitrogens is 2. The predicted octanol–water partition coefficient (Wildman–Crippen LogP) is 2.44. The van der Waals surface area contributed by atoms with Gasteiger partial charge in [-0.3, -0.25) is 18.9 Å². The predicted molar refractivity (Wildman–Crippen MR) is 125 cm³/mol. The van der Waals surface area contributed by atoms with E-state index in [4.69, 9.17) is 21.7 Å². The first-order valence-electron chi connectivity index (χ1n) is 10.1. The van der Waals surface area contributed by atoms with Crippen LogP contribution in [0.4, 0.5) is 5.82 Å². The summed E-state index contributed by atoms with van der Waals surface area (Å²) in [7, 11) is 1.60. The van der Waals surface area contributed by atoms with Gasteiger partial charge < -0.3 is 14.8 Å². The number of thiocarbonyl (C=S) groups is 1. The molecule has 8 nitrogen and oxygen atoms in total. The molecule has 0 bridgehead atoms. The van der Waals surface area contributed by atoms with Crippen LogP contribution in [0.3, 0.4) is 0 Å². The number of methoxy groups -OCH3 is 1. The normalized spacial score (nSPS) is 20.4. The molecular weight excluding hydrogens is 436 g/mol. The van der Waals surface area contributed by atoms with Gasteiger partial charge in [-0.1, -0.05) is 30.0 Å². The first kappa shape index (κ1) is 21.9. The van der Waals surface area contributed by atoms with Gasteiger partial charge in [0, 0.05) is 26.5 Å². The molecule has 0 aliphatic carbocycles. The van der Waals surface area contributed by atoms with Crippen molar-refractivity contribution in [2.75, 3.05) is 38.7 Å². The number of thioether (sulfide) groups is 1. The molecule has 31 heavy (non-hydrogen) atoms. The second kappa shape index (κ2) is 9.47.